The molecule has 0 bridgehead atoms. The van der Waals surface area contributed by atoms with Gasteiger partial charge >= 0.3 is 5.97 Å². The van der Waals surface area contributed by atoms with Crippen molar-refractivity contribution < 1.29 is 9.90 Å². The Morgan fingerprint density at radius 2 is 2.12 bits per heavy atom. The van der Waals surface area contributed by atoms with Gasteiger partial charge in [0.25, 0.3) is 0 Å². The SMILES string of the molecule is CN(C)CCCN1CCC(C(=O)O)C(C)(C)C1. The largest absolute Gasteiger partial charge is 0.481 e. The van der Waals surface area contributed by atoms with Crippen LogP contribution in [0, 0.1) is 11.3 Å². The fourth-order valence-corrected chi connectivity index (χ4v) is 2.73. The molecule has 0 aliphatic carbocycles. The van der Waals surface area contributed by atoms with Gasteiger partial charge in [0.05, 0.1) is 5.92 Å². The van der Waals surface area contributed by atoms with Crippen LogP contribution in [0.4, 0.5) is 0 Å². The van der Waals surface area contributed by atoms with Crippen molar-refractivity contribution in [3.8, 4) is 0 Å². The first kappa shape index (κ1) is 14.5. The van der Waals surface area contributed by atoms with E-state index in [0.29, 0.717) is 0 Å². The number of nitrogens with zero attached hydrogens (tertiary/aromatic N) is 2. The van der Waals surface area contributed by atoms with E-state index in [0.717, 1.165) is 39.0 Å². The van der Waals surface area contributed by atoms with E-state index in [1.54, 1.807) is 0 Å². The van der Waals surface area contributed by atoms with E-state index < -0.39 is 5.97 Å². The Morgan fingerprint density at radius 3 is 2.59 bits per heavy atom. The molecule has 0 saturated carbocycles. The van der Waals surface area contributed by atoms with Crippen molar-refractivity contribution in [3.05, 3.63) is 0 Å². The molecule has 4 nitrogen and oxygen atoms in total. The van der Waals surface area contributed by atoms with Gasteiger partial charge in [-0.25, -0.2) is 0 Å². The van der Waals surface area contributed by atoms with Gasteiger partial charge in [-0.2, -0.15) is 0 Å². The molecule has 0 aromatic heterocycles. The molecule has 1 atom stereocenters. The second-order valence-electron chi connectivity index (χ2n) is 6.10. The average Bonchev–Trinajstić information content (AvgIpc) is 2.14. The molecule has 0 aromatic rings. The number of carboxylic acid groups (broad SMARTS) is 1. The third kappa shape index (κ3) is 4.28. The van der Waals surface area contributed by atoms with Crippen LogP contribution in [0.15, 0.2) is 0 Å². The lowest BCUT2D eigenvalue weighted by Gasteiger charge is -2.42. The number of carboxylic acids is 1. The Balaban J connectivity index is 2.41. The van der Waals surface area contributed by atoms with E-state index in [4.69, 9.17) is 0 Å². The number of hydrogen-bond acceptors (Lipinski definition) is 3. The molecule has 0 spiro atoms. The lowest BCUT2D eigenvalue weighted by atomic mass is 9.74. The summed E-state index contributed by atoms with van der Waals surface area (Å²) in [6.07, 6.45) is 1.94. The lowest BCUT2D eigenvalue weighted by molar-refractivity contribution is -0.149. The number of hydrogen-bond donors (Lipinski definition) is 1. The third-order valence-electron chi connectivity index (χ3n) is 3.69. The maximum absolute atomic E-state index is 11.2. The molecule has 1 fully saturated rings. The minimum absolute atomic E-state index is 0.109. The zero-order chi connectivity index (χ0) is 13.1. The van der Waals surface area contributed by atoms with Crippen LogP contribution < -0.4 is 0 Å². The molecule has 1 aliphatic heterocycles. The van der Waals surface area contributed by atoms with Gasteiger partial charge < -0.3 is 14.9 Å². The second kappa shape index (κ2) is 5.83. The summed E-state index contributed by atoms with van der Waals surface area (Å²) in [5, 5.41) is 9.18. The summed E-state index contributed by atoms with van der Waals surface area (Å²) in [7, 11) is 4.17. The van der Waals surface area contributed by atoms with Gasteiger partial charge in [0.1, 0.15) is 0 Å². The van der Waals surface area contributed by atoms with Gasteiger partial charge in [-0.3, -0.25) is 4.79 Å². The minimum atomic E-state index is -0.636. The Morgan fingerprint density at radius 1 is 1.47 bits per heavy atom. The topological polar surface area (TPSA) is 43.8 Å². The van der Waals surface area contributed by atoms with Crippen molar-refractivity contribution in [2.45, 2.75) is 26.7 Å². The summed E-state index contributed by atoms with van der Waals surface area (Å²) in [6.45, 7) is 8.15. The first-order valence-electron chi connectivity index (χ1n) is 6.43. The van der Waals surface area contributed by atoms with Crippen molar-refractivity contribution >= 4 is 5.97 Å². The maximum atomic E-state index is 11.2. The maximum Gasteiger partial charge on any atom is 0.307 e. The molecule has 1 saturated heterocycles. The predicted molar refractivity (Wildman–Crippen MR) is 69.1 cm³/mol. The fraction of sp³-hybridized carbons (Fsp3) is 0.923. The summed E-state index contributed by atoms with van der Waals surface area (Å²) in [5.74, 6) is -0.824. The Kier molecular flexibility index (Phi) is 4.95. The molecule has 4 heteroatoms. The van der Waals surface area contributed by atoms with Crippen molar-refractivity contribution in [1.29, 1.82) is 0 Å². The van der Waals surface area contributed by atoms with Crippen molar-refractivity contribution in [1.82, 2.24) is 9.80 Å². The molecular formula is C13H26N2O2. The summed E-state index contributed by atoms with van der Waals surface area (Å²) in [4.78, 5) is 15.8. The molecule has 0 aromatic carbocycles. The lowest BCUT2D eigenvalue weighted by Crippen LogP contribution is -2.48. The van der Waals surface area contributed by atoms with Crippen LogP contribution in [-0.4, -0.2) is 61.2 Å². The van der Waals surface area contributed by atoms with Crippen LogP contribution in [0.1, 0.15) is 26.7 Å². The van der Waals surface area contributed by atoms with E-state index in [1.165, 1.54) is 0 Å². The van der Waals surface area contributed by atoms with Gasteiger partial charge in [0.2, 0.25) is 0 Å². The first-order chi connectivity index (χ1) is 7.83. The van der Waals surface area contributed by atoms with E-state index in [9.17, 15) is 9.90 Å². The highest BCUT2D eigenvalue weighted by Crippen LogP contribution is 2.34. The number of aliphatic carboxylic acids is 1. The molecule has 1 rings (SSSR count). The number of likely N-dealkylation sites (tertiary alicyclic amines) is 1. The number of carbonyl (C=O) groups is 1. The van der Waals surface area contributed by atoms with E-state index >= 15 is 0 Å². The van der Waals surface area contributed by atoms with Gasteiger partial charge in [-0.05, 0) is 52.0 Å². The quantitative estimate of drug-likeness (QED) is 0.791. The molecule has 1 unspecified atom stereocenters. The highest BCUT2D eigenvalue weighted by Gasteiger charge is 2.39. The van der Waals surface area contributed by atoms with Crippen LogP contribution in [-0.2, 0) is 4.79 Å². The van der Waals surface area contributed by atoms with Gasteiger partial charge in [-0.15, -0.1) is 0 Å². The summed E-state index contributed by atoms with van der Waals surface area (Å²) in [6, 6.07) is 0. The molecule has 0 amide bonds. The van der Waals surface area contributed by atoms with Crippen LogP contribution in [0.25, 0.3) is 0 Å². The normalized spacial score (nSPS) is 25.1. The van der Waals surface area contributed by atoms with Crippen LogP contribution >= 0.6 is 0 Å². The monoisotopic (exact) mass is 242 g/mol. The smallest absolute Gasteiger partial charge is 0.307 e. The Labute approximate surface area is 105 Å². The van der Waals surface area contributed by atoms with E-state index in [-0.39, 0.29) is 11.3 Å². The van der Waals surface area contributed by atoms with Crippen molar-refractivity contribution in [2.24, 2.45) is 11.3 Å². The van der Waals surface area contributed by atoms with Gasteiger partial charge in [0, 0.05) is 6.54 Å². The predicted octanol–water partition coefficient (Wildman–Crippen LogP) is 1.37. The zero-order valence-electron chi connectivity index (χ0n) is 11.6. The molecular weight excluding hydrogens is 216 g/mol. The molecule has 1 heterocycles. The number of rotatable bonds is 5. The van der Waals surface area contributed by atoms with Crippen LogP contribution in [0.2, 0.25) is 0 Å². The second-order valence-corrected chi connectivity index (χ2v) is 6.10. The standard InChI is InChI=1S/C13H26N2O2/c1-13(2)10-15(8-5-7-14(3)4)9-6-11(13)12(16)17/h11H,5-10H2,1-4H3,(H,16,17). The Hall–Kier alpha value is -0.610. The minimum Gasteiger partial charge on any atom is -0.481 e. The highest BCUT2D eigenvalue weighted by atomic mass is 16.4. The highest BCUT2D eigenvalue weighted by molar-refractivity contribution is 5.71. The summed E-state index contributed by atoms with van der Waals surface area (Å²) in [5.41, 5.74) is -0.109. The molecule has 100 valence electrons. The van der Waals surface area contributed by atoms with Crippen molar-refractivity contribution in [3.63, 3.8) is 0 Å². The van der Waals surface area contributed by atoms with Crippen LogP contribution in [0.5, 0.6) is 0 Å². The average molecular weight is 242 g/mol. The fourth-order valence-electron chi connectivity index (χ4n) is 2.73. The van der Waals surface area contributed by atoms with Crippen molar-refractivity contribution in [2.75, 3.05) is 40.3 Å². The molecule has 17 heavy (non-hydrogen) atoms. The molecule has 1 N–H and O–H groups in total. The number of piperidine rings is 1. The summed E-state index contributed by atoms with van der Waals surface area (Å²) < 4.78 is 0. The molecule has 0 radical (unpaired) electrons. The van der Waals surface area contributed by atoms with Crippen LogP contribution in [0.3, 0.4) is 0 Å². The third-order valence-corrected chi connectivity index (χ3v) is 3.69. The molecule has 1 aliphatic rings. The van der Waals surface area contributed by atoms with Gasteiger partial charge in [0.15, 0.2) is 0 Å². The summed E-state index contributed by atoms with van der Waals surface area (Å²) >= 11 is 0. The van der Waals surface area contributed by atoms with Gasteiger partial charge in [-0.1, -0.05) is 13.8 Å². The first-order valence-corrected chi connectivity index (χ1v) is 6.43. The Bertz CT molecular complexity index is 264. The zero-order valence-corrected chi connectivity index (χ0v) is 11.6. The van der Waals surface area contributed by atoms with E-state index in [1.807, 2.05) is 0 Å². The van der Waals surface area contributed by atoms with E-state index in [2.05, 4.69) is 37.7 Å².